The number of hydrogen-bond donors (Lipinski definition) is 2. The summed E-state index contributed by atoms with van der Waals surface area (Å²) in [6.45, 7) is -2.20. The van der Waals surface area contributed by atoms with Gasteiger partial charge < -0.3 is 15.4 Å². The first-order chi connectivity index (χ1) is 9.97. The van der Waals surface area contributed by atoms with Gasteiger partial charge in [-0.05, 0) is 31.5 Å². The highest BCUT2D eigenvalue weighted by molar-refractivity contribution is 6.35. The van der Waals surface area contributed by atoms with Crippen molar-refractivity contribution in [2.45, 2.75) is 32.0 Å². The van der Waals surface area contributed by atoms with Gasteiger partial charge in [-0.2, -0.15) is 8.78 Å². The normalized spacial score (nSPS) is 18.0. The Balaban J connectivity index is 2.08. The van der Waals surface area contributed by atoms with Gasteiger partial charge in [0.1, 0.15) is 5.75 Å². The molecular formula is C13H14Cl2F2N2O2. The van der Waals surface area contributed by atoms with Crippen LogP contribution in [-0.2, 0) is 11.3 Å². The maximum Gasteiger partial charge on any atom is 0.387 e. The molecule has 0 spiro atoms. The SMILES string of the molecule is O=C(NCc1cc(Cl)cc(Cl)c1OC(F)F)C1CCCN1. The lowest BCUT2D eigenvalue weighted by molar-refractivity contribution is -0.122. The molecule has 8 heteroatoms. The average Bonchev–Trinajstić information content (AvgIpc) is 2.93. The van der Waals surface area contributed by atoms with Crippen molar-refractivity contribution in [3.63, 3.8) is 0 Å². The second kappa shape index (κ2) is 7.24. The number of halogens is 4. The summed E-state index contributed by atoms with van der Waals surface area (Å²) < 4.78 is 29.2. The predicted molar refractivity (Wildman–Crippen MR) is 76.0 cm³/mol. The lowest BCUT2D eigenvalue weighted by atomic mass is 10.1. The highest BCUT2D eigenvalue weighted by Crippen LogP contribution is 2.33. The quantitative estimate of drug-likeness (QED) is 0.867. The lowest BCUT2D eigenvalue weighted by Gasteiger charge is -2.15. The Hall–Kier alpha value is -1.11. The van der Waals surface area contributed by atoms with Gasteiger partial charge in [-0.1, -0.05) is 23.2 Å². The molecule has 1 aromatic carbocycles. The molecule has 1 aromatic rings. The molecule has 116 valence electrons. The number of carbonyl (C=O) groups is 1. The molecule has 1 aliphatic rings. The average molecular weight is 339 g/mol. The molecule has 0 radical (unpaired) electrons. The molecule has 2 N–H and O–H groups in total. The molecule has 1 heterocycles. The van der Waals surface area contributed by atoms with Crippen LogP contribution >= 0.6 is 23.2 Å². The Morgan fingerprint density at radius 3 is 2.86 bits per heavy atom. The second-order valence-electron chi connectivity index (χ2n) is 4.62. The van der Waals surface area contributed by atoms with Crippen LogP contribution in [0.4, 0.5) is 8.78 Å². The molecule has 21 heavy (non-hydrogen) atoms. The number of benzene rings is 1. The van der Waals surface area contributed by atoms with Gasteiger partial charge in [-0.3, -0.25) is 4.79 Å². The summed E-state index contributed by atoms with van der Waals surface area (Å²) in [6, 6.07) is 2.50. The number of hydrogen-bond acceptors (Lipinski definition) is 3. The fraction of sp³-hybridized carbons (Fsp3) is 0.462. The number of carbonyl (C=O) groups excluding carboxylic acids is 1. The minimum absolute atomic E-state index is 0.0132. The lowest BCUT2D eigenvalue weighted by Crippen LogP contribution is -2.40. The summed E-state index contributed by atoms with van der Waals surface area (Å²) in [6.07, 6.45) is 1.68. The van der Waals surface area contributed by atoms with Crippen LogP contribution in [0.2, 0.25) is 10.0 Å². The van der Waals surface area contributed by atoms with Gasteiger partial charge >= 0.3 is 6.61 Å². The van der Waals surface area contributed by atoms with Crippen LogP contribution in [0, 0.1) is 0 Å². The van der Waals surface area contributed by atoms with Crippen LogP contribution in [0.3, 0.4) is 0 Å². The molecule has 0 saturated carbocycles. The number of rotatable bonds is 5. The topological polar surface area (TPSA) is 50.4 Å². The number of ether oxygens (including phenoxy) is 1. The van der Waals surface area contributed by atoms with E-state index in [0.29, 0.717) is 5.56 Å². The van der Waals surface area contributed by atoms with Crippen molar-refractivity contribution in [2.75, 3.05) is 6.54 Å². The first-order valence-electron chi connectivity index (χ1n) is 6.41. The Kier molecular flexibility index (Phi) is 5.61. The van der Waals surface area contributed by atoms with E-state index in [0.717, 1.165) is 19.4 Å². The molecule has 1 unspecified atom stereocenters. The van der Waals surface area contributed by atoms with Crippen molar-refractivity contribution >= 4 is 29.1 Å². The molecule has 1 saturated heterocycles. The predicted octanol–water partition coefficient (Wildman–Crippen LogP) is 2.96. The molecule has 0 aromatic heterocycles. The highest BCUT2D eigenvalue weighted by Gasteiger charge is 2.22. The van der Waals surface area contributed by atoms with Crippen LogP contribution in [0.15, 0.2) is 12.1 Å². The fourth-order valence-electron chi connectivity index (χ4n) is 2.18. The molecule has 0 aliphatic carbocycles. The standard InChI is InChI=1S/C13H14Cl2F2N2O2/c14-8-4-7(11(9(15)5-8)21-13(16)17)6-19-12(20)10-2-1-3-18-10/h4-5,10,13,18H,1-3,6H2,(H,19,20). The van der Waals surface area contributed by atoms with Gasteiger partial charge in [0, 0.05) is 17.1 Å². The zero-order valence-corrected chi connectivity index (χ0v) is 12.5. The van der Waals surface area contributed by atoms with Crippen molar-refractivity contribution in [3.05, 3.63) is 27.7 Å². The largest absolute Gasteiger partial charge is 0.433 e. The minimum Gasteiger partial charge on any atom is -0.433 e. The van der Waals surface area contributed by atoms with E-state index in [9.17, 15) is 13.6 Å². The van der Waals surface area contributed by atoms with Gasteiger partial charge in [-0.25, -0.2) is 0 Å². The van der Waals surface area contributed by atoms with Crippen molar-refractivity contribution in [2.24, 2.45) is 0 Å². The van der Waals surface area contributed by atoms with E-state index in [1.807, 2.05) is 0 Å². The fourth-order valence-corrected chi connectivity index (χ4v) is 2.76. The zero-order valence-electron chi connectivity index (χ0n) is 11.0. The monoisotopic (exact) mass is 338 g/mol. The van der Waals surface area contributed by atoms with Gasteiger partial charge in [0.2, 0.25) is 5.91 Å². The van der Waals surface area contributed by atoms with Gasteiger partial charge in [-0.15, -0.1) is 0 Å². The minimum atomic E-state index is -3.00. The summed E-state index contributed by atoms with van der Waals surface area (Å²) in [5.74, 6) is -0.359. The van der Waals surface area contributed by atoms with E-state index in [1.54, 1.807) is 0 Å². The Bertz CT molecular complexity index is 523. The summed E-state index contributed by atoms with van der Waals surface area (Å²) >= 11 is 11.7. The third-order valence-corrected chi connectivity index (χ3v) is 3.62. The maximum atomic E-state index is 12.4. The molecule has 1 aliphatic heterocycles. The van der Waals surface area contributed by atoms with Crippen molar-refractivity contribution < 1.29 is 18.3 Å². The summed E-state index contributed by atoms with van der Waals surface area (Å²) in [5.41, 5.74) is 0.305. The molecule has 4 nitrogen and oxygen atoms in total. The van der Waals surface area contributed by atoms with Crippen LogP contribution < -0.4 is 15.4 Å². The number of nitrogens with one attached hydrogen (secondary N) is 2. The molecule has 1 fully saturated rings. The number of alkyl halides is 2. The Labute approximate surface area is 130 Å². The summed E-state index contributed by atoms with van der Waals surface area (Å²) in [5, 5.41) is 5.97. The first kappa shape index (κ1) is 16.3. The third-order valence-electron chi connectivity index (χ3n) is 3.12. The number of amides is 1. The van der Waals surface area contributed by atoms with Crippen LogP contribution in [0.1, 0.15) is 18.4 Å². The van der Waals surface area contributed by atoms with E-state index >= 15 is 0 Å². The second-order valence-corrected chi connectivity index (χ2v) is 5.46. The van der Waals surface area contributed by atoms with E-state index in [1.165, 1.54) is 12.1 Å². The van der Waals surface area contributed by atoms with E-state index in [2.05, 4.69) is 15.4 Å². The Morgan fingerprint density at radius 1 is 1.48 bits per heavy atom. The third kappa shape index (κ3) is 4.43. The van der Waals surface area contributed by atoms with Crippen LogP contribution in [-0.4, -0.2) is 25.1 Å². The highest BCUT2D eigenvalue weighted by atomic mass is 35.5. The van der Waals surface area contributed by atoms with Crippen molar-refractivity contribution in [1.29, 1.82) is 0 Å². The van der Waals surface area contributed by atoms with Gasteiger partial charge in [0.05, 0.1) is 11.1 Å². The van der Waals surface area contributed by atoms with Crippen LogP contribution in [0.25, 0.3) is 0 Å². The van der Waals surface area contributed by atoms with E-state index in [-0.39, 0.29) is 34.3 Å². The van der Waals surface area contributed by atoms with Crippen molar-refractivity contribution in [1.82, 2.24) is 10.6 Å². The molecule has 1 atom stereocenters. The van der Waals surface area contributed by atoms with Crippen molar-refractivity contribution in [3.8, 4) is 5.75 Å². The van der Waals surface area contributed by atoms with E-state index < -0.39 is 6.61 Å². The van der Waals surface area contributed by atoms with Gasteiger partial charge in [0.25, 0.3) is 0 Å². The zero-order chi connectivity index (χ0) is 15.4. The molecular weight excluding hydrogens is 325 g/mol. The summed E-state index contributed by atoms with van der Waals surface area (Å²) in [4.78, 5) is 11.9. The van der Waals surface area contributed by atoms with Crippen LogP contribution in [0.5, 0.6) is 5.75 Å². The molecule has 0 bridgehead atoms. The first-order valence-corrected chi connectivity index (χ1v) is 7.17. The Morgan fingerprint density at radius 2 is 2.24 bits per heavy atom. The van der Waals surface area contributed by atoms with Gasteiger partial charge in [0.15, 0.2) is 0 Å². The maximum absolute atomic E-state index is 12.4. The summed E-state index contributed by atoms with van der Waals surface area (Å²) in [7, 11) is 0. The molecule has 2 rings (SSSR count). The van der Waals surface area contributed by atoms with E-state index in [4.69, 9.17) is 23.2 Å². The molecule has 1 amide bonds. The smallest absolute Gasteiger partial charge is 0.387 e.